The molecule has 0 radical (unpaired) electrons. The van der Waals surface area contributed by atoms with Crippen molar-refractivity contribution in [3.05, 3.63) is 40.0 Å². The molecule has 96 valence electrons. The van der Waals surface area contributed by atoms with Gasteiger partial charge in [0.1, 0.15) is 11.6 Å². The molecule has 2 aromatic heterocycles. The average molecular weight is 248 g/mol. The standard InChI is InChI=1S/C12H16N4O2/c1-15-12(17)13-11(14-15)8-16-5-2-3-10-9(7-16)4-6-18-10/h4,6H,2-3,5,7-8H2,1H3,(H,13,14,17). The first-order valence-corrected chi connectivity index (χ1v) is 6.12. The smallest absolute Gasteiger partial charge is 0.343 e. The highest BCUT2D eigenvalue weighted by Gasteiger charge is 2.17. The van der Waals surface area contributed by atoms with E-state index in [2.05, 4.69) is 15.0 Å². The van der Waals surface area contributed by atoms with E-state index in [-0.39, 0.29) is 5.69 Å². The van der Waals surface area contributed by atoms with E-state index < -0.39 is 0 Å². The van der Waals surface area contributed by atoms with Crippen molar-refractivity contribution < 1.29 is 4.42 Å². The van der Waals surface area contributed by atoms with Crippen LogP contribution < -0.4 is 5.69 Å². The molecule has 6 nitrogen and oxygen atoms in total. The number of hydrogen-bond donors (Lipinski definition) is 1. The first-order valence-electron chi connectivity index (χ1n) is 6.12. The quantitative estimate of drug-likeness (QED) is 0.847. The lowest BCUT2D eigenvalue weighted by molar-refractivity contribution is 0.254. The lowest BCUT2D eigenvalue weighted by Crippen LogP contribution is -2.23. The van der Waals surface area contributed by atoms with Gasteiger partial charge in [-0.15, -0.1) is 0 Å². The number of nitrogens with one attached hydrogen (secondary N) is 1. The minimum absolute atomic E-state index is 0.163. The third-order valence-electron chi connectivity index (χ3n) is 3.30. The van der Waals surface area contributed by atoms with Gasteiger partial charge in [-0.05, 0) is 19.0 Å². The predicted octanol–water partition coefficient (Wildman–Crippen LogP) is 0.650. The Labute approximate surface area is 104 Å². The molecule has 3 rings (SSSR count). The molecule has 0 aromatic carbocycles. The molecular weight excluding hydrogens is 232 g/mol. The van der Waals surface area contributed by atoms with Crippen molar-refractivity contribution in [2.24, 2.45) is 7.05 Å². The Bertz CT molecular complexity index is 595. The van der Waals surface area contributed by atoms with E-state index in [0.717, 1.165) is 37.5 Å². The lowest BCUT2D eigenvalue weighted by atomic mass is 10.2. The van der Waals surface area contributed by atoms with Gasteiger partial charge in [0.05, 0.1) is 12.8 Å². The molecule has 0 aliphatic carbocycles. The number of H-pyrrole nitrogens is 1. The molecule has 0 fully saturated rings. The van der Waals surface area contributed by atoms with Gasteiger partial charge in [0.25, 0.3) is 0 Å². The van der Waals surface area contributed by atoms with Gasteiger partial charge < -0.3 is 4.42 Å². The normalized spacial score (nSPS) is 16.5. The number of nitrogens with zero attached hydrogens (tertiary/aromatic N) is 3. The fourth-order valence-electron chi connectivity index (χ4n) is 2.38. The Kier molecular flexibility index (Phi) is 2.79. The summed E-state index contributed by atoms with van der Waals surface area (Å²) in [7, 11) is 1.65. The fourth-order valence-corrected chi connectivity index (χ4v) is 2.38. The molecule has 1 aliphatic rings. The highest BCUT2D eigenvalue weighted by atomic mass is 16.3. The van der Waals surface area contributed by atoms with Gasteiger partial charge in [0.15, 0.2) is 0 Å². The van der Waals surface area contributed by atoms with Crippen LogP contribution in [0.3, 0.4) is 0 Å². The van der Waals surface area contributed by atoms with Crippen molar-refractivity contribution >= 4 is 0 Å². The van der Waals surface area contributed by atoms with Crippen LogP contribution in [0.25, 0.3) is 0 Å². The monoisotopic (exact) mass is 248 g/mol. The Hall–Kier alpha value is -1.82. The Morgan fingerprint density at radius 2 is 2.44 bits per heavy atom. The van der Waals surface area contributed by atoms with Gasteiger partial charge in [-0.2, -0.15) is 5.10 Å². The van der Waals surface area contributed by atoms with Crippen LogP contribution in [0.1, 0.15) is 23.6 Å². The summed E-state index contributed by atoms with van der Waals surface area (Å²) < 4.78 is 6.78. The summed E-state index contributed by atoms with van der Waals surface area (Å²) in [6.07, 6.45) is 3.80. The van der Waals surface area contributed by atoms with Gasteiger partial charge in [-0.3, -0.25) is 9.88 Å². The molecule has 0 amide bonds. The van der Waals surface area contributed by atoms with E-state index in [1.54, 1.807) is 13.3 Å². The number of rotatable bonds is 2. The van der Waals surface area contributed by atoms with E-state index >= 15 is 0 Å². The van der Waals surface area contributed by atoms with Gasteiger partial charge in [-0.25, -0.2) is 9.48 Å². The van der Waals surface area contributed by atoms with Crippen LogP contribution in [-0.2, 0) is 26.6 Å². The number of furan rings is 1. The average Bonchev–Trinajstić information content (AvgIpc) is 2.82. The second-order valence-corrected chi connectivity index (χ2v) is 4.68. The van der Waals surface area contributed by atoms with E-state index in [4.69, 9.17) is 4.42 Å². The van der Waals surface area contributed by atoms with Crippen LogP contribution in [-0.4, -0.2) is 26.2 Å². The van der Waals surface area contributed by atoms with Gasteiger partial charge in [0.2, 0.25) is 0 Å². The minimum Gasteiger partial charge on any atom is -0.469 e. The van der Waals surface area contributed by atoms with Crippen molar-refractivity contribution in [2.45, 2.75) is 25.9 Å². The number of aromatic nitrogens is 3. The number of aryl methyl sites for hydroxylation is 2. The molecule has 0 spiro atoms. The zero-order valence-corrected chi connectivity index (χ0v) is 10.3. The van der Waals surface area contributed by atoms with E-state index in [1.807, 2.05) is 6.07 Å². The molecule has 1 aliphatic heterocycles. The molecule has 0 atom stereocenters. The number of aromatic amines is 1. The van der Waals surface area contributed by atoms with Crippen molar-refractivity contribution in [2.75, 3.05) is 6.54 Å². The maximum atomic E-state index is 11.3. The van der Waals surface area contributed by atoms with E-state index in [9.17, 15) is 4.79 Å². The minimum atomic E-state index is -0.163. The zero-order valence-electron chi connectivity index (χ0n) is 10.3. The first kappa shape index (κ1) is 11.3. The first-order chi connectivity index (χ1) is 8.72. The summed E-state index contributed by atoms with van der Waals surface area (Å²) in [5, 5.41) is 4.16. The third kappa shape index (κ3) is 2.11. The predicted molar refractivity (Wildman–Crippen MR) is 65.0 cm³/mol. The molecule has 18 heavy (non-hydrogen) atoms. The number of fused-ring (bicyclic) bond motifs is 1. The fraction of sp³-hybridized carbons (Fsp3) is 0.500. The Morgan fingerprint density at radius 3 is 3.22 bits per heavy atom. The largest absolute Gasteiger partial charge is 0.469 e. The summed E-state index contributed by atoms with van der Waals surface area (Å²) in [4.78, 5) is 16.4. The lowest BCUT2D eigenvalue weighted by Gasteiger charge is -2.17. The SMILES string of the molecule is Cn1nc(CN2CCCc3occc3C2)[nH]c1=O. The van der Waals surface area contributed by atoms with Crippen molar-refractivity contribution in [1.29, 1.82) is 0 Å². The van der Waals surface area contributed by atoms with E-state index in [0.29, 0.717) is 6.54 Å². The summed E-state index contributed by atoms with van der Waals surface area (Å²) in [5.41, 5.74) is 1.08. The summed E-state index contributed by atoms with van der Waals surface area (Å²) in [6.45, 7) is 2.51. The van der Waals surface area contributed by atoms with Crippen LogP contribution in [0.2, 0.25) is 0 Å². The summed E-state index contributed by atoms with van der Waals surface area (Å²) in [6, 6.07) is 2.02. The van der Waals surface area contributed by atoms with Crippen LogP contribution in [0, 0.1) is 0 Å². The summed E-state index contributed by atoms with van der Waals surface area (Å²) >= 11 is 0. The molecule has 6 heteroatoms. The molecule has 0 bridgehead atoms. The van der Waals surface area contributed by atoms with Gasteiger partial charge >= 0.3 is 5.69 Å². The molecule has 1 N–H and O–H groups in total. The van der Waals surface area contributed by atoms with Crippen LogP contribution >= 0.6 is 0 Å². The third-order valence-corrected chi connectivity index (χ3v) is 3.30. The molecule has 0 saturated heterocycles. The van der Waals surface area contributed by atoms with Crippen molar-refractivity contribution in [3.8, 4) is 0 Å². The highest BCUT2D eigenvalue weighted by Crippen LogP contribution is 2.20. The molecular formula is C12H16N4O2. The second kappa shape index (κ2) is 4.45. The van der Waals surface area contributed by atoms with Gasteiger partial charge in [-0.1, -0.05) is 0 Å². The second-order valence-electron chi connectivity index (χ2n) is 4.68. The molecule has 2 aromatic rings. The number of hydrogen-bond acceptors (Lipinski definition) is 4. The van der Waals surface area contributed by atoms with E-state index in [1.165, 1.54) is 10.2 Å². The maximum absolute atomic E-state index is 11.3. The van der Waals surface area contributed by atoms with Gasteiger partial charge in [0, 0.05) is 25.6 Å². The van der Waals surface area contributed by atoms with Crippen LogP contribution in [0.4, 0.5) is 0 Å². The molecule has 3 heterocycles. The van der Waals surface area contributed by atoms with Crippen molar-refractivity contribution in [1.82, 2.24) is 19.7 Å². The molecule has 0 saturated carbocycles. The molecule has 0 unspecified atom stereocenters. The van der Waals surface area contributed by atoms with Crippen LogP contribution in [0.15, 0.2) is 21.5 Å². The Balaban J connectivity index is 1.75. The van der Waals surface area contributed by atoms with Crippen molar-refractivity contribution in [3.63, 3.8) is 0 Å². The Morgan fingerprint density at radius 1 is 1.56 bits per heavy atom. The highest BCUT2D eigenvalue weighted by molar-refractivity contribution is 5.18. The topological polar surface area (TPSA) is 67.1 Å². The maximum Gasteiger partial charge on any atom is 0.343 e. The zero-order chi connectivity index (χ0) is 12.5. The summed E-state index contributed by atoms with van der Waals surface area (Å²) in [5.74, 6) is 1.81. The van der Waals surface area contributed by atoms with Crippen LogP contribution in [0.5, 0.6) is 0 Å².